The van der Waals surface area contributed by atoms with Crippen molar-refractivity contribution in [2.24, 2.45) is 0 Å². The lowest BCUT2D eigenvalue weighted by molar-refractivity contribution is -0.119. The summed E-state index contributed by atoms with van der Waals surface area (Å²) < 4.78 is 15.8. The maximum Gasteiger partial charge on any atom is 0.339 e. The number of nitrogens with zero attached hydrogens (tertiary/aromatic N) is 1. The van der Waals surface area contributed by atoms with Crippen LogP contribution in [-0.2, 0) is 9.53 Å². The molecule has 1 amide bonds. The van der Waals surface area contributed by atoms with E-state index in [4.69, 9.17) is 14.2 Å². The first-order chi connectivity index (χ1) is 16.1. The molecule has 4 rings (SSSR count). The molecule has 4 aromatic rings. The summed E-state index contributed by atoms with van der Waals surface area (Å²) in [7, 11) is 3.11. The molecule has 0 radical (unpaired) electrons. The standard InChI is InChI=1S/C26H22N2O5/c1-31-18-13-11-17(12-14-18)23-15-20(19-7-3-4-8-21(19)27-23)26(30)33-16-25(29)28-22-9-5-6-10-24(22)32-2/h3-15H,16H2,1-2H3,(H,28,29). The Morgan fingerprint density at radius 2 is 1.61 bits per heavy atom. The number of fused-ring (bicyclic) bond motifs is 1. The molecular weight excluding hydrogens is 420 g/mol. The Morgan fingerprint density at radius 3 is 2.36 bits per heavy atom. The first kappa shape index (κ1) is 21.8. The second kappa shape index (κ2) is 9.82. The van der Waals surface area contributed by atoms with Crippen LogP contribution in [0.3, 0.4) is 0 Å². The molecule has 3 aromatic carbocycles. The number of rotatable bonds is 7. The molecule has 0 aliphatic heterocycles. The van der Waals surface area contributed by atoms with Gasteiger partial charge in [-0.05, 0) is 48.5 Å². The lowest BCUT2D eigenvalue weighted by Crippen LogP contribution is -2.21. The fourth-order valence-corrected chi connectivity index (χ4v) is 3.40. The zero-order chi connectivity index (χ0) is 23.2. The lowest BCUT2D eigenvalue weighted by Gasteiger charge is -2.12. The van der Waals surface area contributed by atoms with E-state index >= 15 is 0 Å². The van der Waals surface area contributed by atoms with Gasteiger partial charge in [-0.25, -0.2) is 9.78 Å². The van der Waals surface area contributed by atoms with E-state index in [1.807, 2.05) is 42.5 Å². The second-order valence-electron chi connectivity index (χ2n) is 7.13. The van der Waals surface area contributed by atoms with Gasteiger partial charge >= 0.3 is 5.97 Å². The highest BCUT2D eigenvalue weighted by Gasteiger charge is 2.17. The predicted molar refractivity (Wildman–Crippen MR) is 126 cm³/mol. The van der Waals surface area contributed by atoms with Crippen LogP contribution < -0.4 is 14.8 Å². The Morgan fingerprint density at radius 1 is 0.879 bits per heavy atom. The van der Waals surface area contributed by atoms with Gasteiger partial charge in [-0.1, -0.05) is 30.3 Å². The second-order valence-corrected chi connectivity index (χ2v) is 7.13. The SMILES string of the molecule is COc1ccc(-c2cc(C(=O)OCC(=O)Nc3ccccc3OC)c3ccccc3n2)cc1. The van der Waals surface area contributed by atoms with Crippen LogP contribution in [0, 0.1) is 0 Å². The molecule has 0 aliphatic carbocycles. The van der Waals surface area contributed by atoms with Crippen LogP contribution in [0.1, 0.15) is 10.4 Å². The first-order valence-corrected chi connectivity index (χ1v) is 10.2. The molecule has 33 heavy (non-hydrogen) atoms. The number of carbonyl (C=O) groups is 2. The minimum atomic E-state index is -0.612. The van der Waals surface area contributed by atoms with E-state index in [9.17, 15) is 9.59 Å². The summed E-state index contributed by atoms with van der Waals surface area (Å²) in [6, 6.07) is 23.4. The van der Waals surface area contributed by atoms with Crippen LogP contribution in [0.4, 0.5) is 5.69 Å². The minimum absolute atomic E-state index is 0.330. The zero-order valence-electron chi connectivity index (χ0n) is 18.2. The molecule has 0 saturated carbocycles. The Kier molecular flexibility index (Phi) is 6.50. The number of esters is 1. The Bertz CT molecular complexity index is 1300. The minimum Gasteiger partial charge on any atom is -0.497 e. The van der Waals surface area contributed by atoms with E-state index in [1.54, 1.807) is 43.5 Å². The summed E-state index contributed by atoms with van der Waals surface area (Å²) in [5.74, 6) is 0.154. The van der Waals surface area contributed by atoms with Gasteiger partial charge in [0, 0.05) is 10.9 Å². The van der Waals surface area contributed by atoms with E-state index in [-0.39, 0.29) is 0 Å². The number of aromatic nitrogens is 1. The number of methoxy groups -OCH3 is 2. The van der Waals surface area contributed by atoms with Crippen LogP contribution >= 0.6 is 0 Å². The number of hydrogen-bond donors (Lipinski definition) is 1. The average Bonchev–Trinajstić information content (AvgIpc) is 2.87. The average molecular weight is 442 g/mol. The topological polar surface area (TPSA) is 86.8 Å². The van der Waals surface area contributed by atoms with E-state index in [0.717, 1.165) is 11.3 Å². The third-order valence-corrected chi connectivity index (χ3v) is 5.04. The van der Waals surface area contributed by atoms with Gasteiger partial charge in [0.1, 0.15) is 11.5 Å². The number of ether oxygens (including phenoxy) is 3. The van der Waals surface area contributed by atoms with Gasteiger partial charge in [0.05, 0.1) is 36.7 Å². The van der Waals surface area contributed by atoms with E-state index in [1.165, 1.54) is 7.11 Å². The fraction of sp³-hybridized carbons (Fsp3) is 0.115. The first-order valence-electron chi connectivity index (χ1n) is 10.2. The number of para-hydroxylation sites is 3. The van der Waals surface area contributed by atoms with Gasteiger partial charge in [-0.2, -0.15) is 0 Å². The van der Waals surface area contributed by atoms with Crippen molar-refractivity contribution in [1.82, 2.24) is 4.98 Å². The van der Waals surface area contributed by atoms with Crippen LogP contribution in [0.15, 0.2) is 78.9 Å². The van der Waals surface area contributed by atoms with Crippen LogP contribution in [0.5, 0.6) is 11.5 Å². The largest absolute Gasteiger partial charge is 0.497 e. The molecule has 1 N–H and O–H groups in total. The maximum atomic E-state index is 12.9. The highest BCUT2D eigenvalue weighted by molar-refractivity contribution is 6.05. The molecule has 0 atom stereocenters. The third kappa shape index (κ3) is 4.93. The third-order valence-electron chi connectivity index (χ3n) is 5.04. The van der Waals surface area contributed by atoms with Crippen LogP contribution in [0.25, 0.3) is 22.2 Å². The number of benzene rings is 3. The number of anilines is 1. The van der Waals surface area contributed by atoms with Crippen molar-refractivity contribution in [2.45, 2.75) is 0 Å². The fourth-order valence-electron chi connectivity index (χ4n) is 3.40. The lowest BCUT2D eigenvalue weighted by atomic mass is 10.0. The van der Waals surface area contributed by atoms with Crippen molar-refractivity contribution >= 4 is 28.5 Å². The van der Waals surface area contributed by atoms with Gasteiger partial charge in [0.15, 0.2) is 6.61 Å². The van der Waals surface area contributed by atoms with Crippen molar-refractivity contribution in [3.63, 3.8) is 0 Å². The van der Waals surface area contributed by atoms with Crippen molar-refractivity contribution in [2.75, 3.05) is 26.1 Å². The Hall–Kier alpha value is -4.39. The summed E-state index contributed by atoms with van der Waals surface area (Å²) in [6.45, 7) is -0.439. The molecule has 0 saturated heterocycles. The van der Waals surface area contributed by atoms with Gasteiger partial charge in [-0.15, -0.1) is 0 Å². The Balaban J connectivity index is 1.56. The molecule has 0 spiro atoms. The summed E-state index contributed by atoms with van der Waals surface area (Å²) >= 11 is 0. The monoisotopic (exact) mass is 442 g/mol. The number of carbonyl (C=O) groups excluding carboxylic acids is 2. The molecule has 7 heteroatoms. The number of hydrogen-bond acceptors (Lipinski definition) is 6. The van der Waals surface area contributed by atoms with Crippen molar-refractivity contribution in [3.8, 4) is 22.8 Å². The molecule has 166 valence electrons. The van der Waals surface area contributed by atoms with Gasteiger partial charge in [0.25, 0.3) is 5.91 Å². The summed E-state index contributed by atoms with van der Waals surface area (Å²) in [5.41, 5.74) is 2.91. The molecule has 1 heterocycles. The highest BCUT2D eigenvalue weighted by atomic mass is 16.5. The molecule has 0 fully saturated rings. The van der Waals surface area contributed by atoms with Gasteiger partial charge < -0.3 is 19.5 Å². The normalized spacial score (nSPS) is 10.5. The molecule has 0 aliphatic rings. The smallest absolute Gasteiger partial charge is 0.339 e. The van der Waals surface area contributed by atoms with E-state index < -0.39 is 18.5 Å². The number of nitrogens with one attached hydrogen (secondary N) is 1. The summed E-state index contributed by atoms with van der Waals surface area (Å²) in [4.78, 5) is 30.0. The molecule has 0 bridgehead atoms. The van der Waals surface area contributed by atoms with Crippen molar-refractivity contribution in [3.05, 3.63) is 84.4 Å². The van der Waals surface area contributed by atoms with Crippen molar-refractivity contribution in [1.29, 1.82) is 0 Å². The summed E-state index contributed by atoms with van der Waals surface area (Å²) in [5, 5.41) is 3.33. The van der Waals surface area contributed by atoms with Gasteiger partial charge in [0.2, 0.25) is 0 Å². The molecule has 0 unspecified atom stereocenters. The van der Waals surface area contributed by atoms with Gasteiger partial charge in [-0.3, -0.25) is 4.79 Å². The zero-order valence-corrected chi connectivity index (χ0v) is 18.2. The maximum absolute atomic E-state index is 12.9. The van der Waals surface area contributed by atoms with E-state index in [2.05, 4.69) is 10.3 Å². The number of pyridine rings is 1. The molecular formula is C26H22N2O5. The van der Waals surface area contributed by atoms with Crippen molar-refractivity contribution < 1.29 is 23.8 Å². The number of amides is 1. The summed E-state index contributed by atoms with van der Waals surface area (Å²) in [6.07, 6.45) is 0. The predicted octanol–water partition coefficient (Wildman–Crippen LogP) is 4.71. The quantitative estimate of drug-likeness (QED) is 0.417. The Labute approximate surface area is 190 Å². The van der Waals surface area contributed by atoms with Crippen LogP contribution in [0.2, 0.25) is 0 Å². The molecule has 7 nitrogen and oxygen atoms in total. The molecule has 1 aromatic heterocycles. The van der Waals surface area contributed by atoms with Crippen LogP contribution in [-0.4, -0.2) is 37.7 Å². The van der Waals surface area contributed by atoms with E-state index in [0.29, 0.717) is 33.6 Å². The highest BCUT2D eigenvalue weighted by Crippen LogP contribution is 2.27.